The van der Waals surface area contributed by atoms with Crippen molar-refractivity contribution in [3.63, 3.8) is 0 Å². The minimum Gasteiger partial charge on any atom is -0.395 e. The highest BCUT2D eigenvalue weighted by atomic mass is 79.9. The molecule has 1 aromatic carbocycles. The van der Waals surface area contributed by atoms with Crippen LogP contribution in [-0.4, -0.2) is 47.2 Å². The van der Waals surface area contributed by atoms with Crippen LogP contribution in [-0.2, 0) is 6.54 Å². The smallest absolute Gasteiger partial charge is 0.275 e. The molecule has 2 rings (SSSR count). The van der Waals surface area contributed by atoms with Gasteiger partial charge in [0.15, 0.2) is 0 Å². The number of piperazine rings is 1. The molecule has 104 valence electrons. The topological polar surface area (TPSA) is 78.6 Å². The first kappa shape index (κ1) is 14.4. The predicted molar refractivity (Wildman–Crippen MR) is 74.9 cm³/mol. The Kier molecular flexibility index (Phi) is 4.87. The first-order valence-corrected chi connectivity index (χ1v) is 6.89. The van der Waals surface area contributed by atoms with Gasteiger partial charge in [-0.25, -0.2) is 0 Å². The summed E-state index contributed by atoms with van der Waals surface area (Å²) in [6, 6.07) is 5.16. The van der Waals surface area contributed by atoms with Crippen molar-refractivity contribution in [1.82, 2.24) is 10.2 Å². The Morgan fingerprint density at radius 3 is 3.05 bits per heavy atom. The number of rotatable bonds is 4. The van der Waals surface area contributed by atoms with E-state index in [0.717, 1.165) is 13.1 Å². The maximum atomic E-state index is 11.1. The molecular weight excluding hydrogens is 314 g/mol. The Hall–Kier alpha value is -1.02. The van der Waals surface area contributed by atoms with Crippen molar-refractivity contribution < 1.29 is 10.0 Å². The second kappa shape index (κ2) is 6.42. The van der Waals surface area contributed by atoms with E-state index in [1.54, 1.807) is 6.07 Å². The molecule has 2 N–H and O–H groups in total. The van der Waals surface area contributed by atoms with Crippen molar-refractivity contribution in [2.75, 3.05) is 26.2 Å². The van der Waals surface area contributed by atoms with Gasteiger partial charge in [0, 0.05) is 48.3 Å². The molecule has 1 unspecified atom stereocenters. The van der Waals surface area contributed by atoms with Gasteiger partial charge < -0.3 is 10.4 Å². The summed E-state index contributed by atoms with van der Waals surface area (Å²) in [7, 11) is 0. The van der Waals surface area contributed by atoms with Gasteiger partial charge in [-0.1, -0.05) is 15.9 Å². The Labute approximate surface area is 119 Å². The zero-order chi connectivity index (χ0) is 13.8. The van der Waals surface area contributed by atoms with Crippen molar-refractivity contribution in [1.29, 1.82) is 0 Å². The summed E-state index contributed by atoms with van der Waals surface area (Å²) in [6.07, 6.45) is 0. The number of hydrogen-bond donors (Lipinski definition) is 2. The number of aliphatic hydroxyl groups excluding tert-OH is 1. The molecule has 0 bridgehead atoms. The standard InChI is InChI=1S/C12H16BrN3O3/c13-10-2-1-9(12(5-10)16(18)19)6-15-4-3-14-11(7-15)8-17/h1-2,5,11,14,17H,3-4,6-8H2. The van der Waals surface area contributed by atoms with Gasteiger partial charge in [-0.15, -0.1) is 0 Å². The van der Waals surface area contributed by atoms with Crippen LogP contribution in [0.3, 0.4) is 0 Å². The quantitative estimate of drug-likeness (QED) is 0.639. The van der Waals surface area contributed by atoms with Crippen LogP contribution >= 0.6 is 15.9 Å². The van der Waals surface area contributed by atoms with Crippen molar-refractivity contribution >= 4 is 21.6 Å². The molecule has 6 nitrogen and oxygen atoms in total. The predicted octanol–water partition coefficient (Wildman–Crippen LogP) is 1.12. The van der Waals surface area contributed by atoms with Gasteiger partial charge in [0.2, 0.25) is 0 Å². The highest BCUT2D eigenvalue weighted by Crippen LogP contribution is 2.25. The molecule has 1 fully saturated rings. The molecular formula is C12H16BrN3O3. The lowest BCUT2D eigenvalue weighted by Gasteiger charge is -2.32. The number of benzene rings is 1. The van der Waals surface area contributed by atoms with Crippen LogP contribution in [0, 0.1) is 10.1 Å². The van der Waals surface area contributed by atoms with Crippen LogP contribution in [0.25, 0.3) is 0 Å². The number of hydrogen-bond acceptors (Lipinski definition) is 5. The number of aliphatic hydroxyl groups is 1. The number of halogens is 1. The van der Waals surface area contributed by atoms with Crippen molar-refractivity contribution in [3.05, 3.63) is 38.3 Å². The van der Waals surface area contributed by atoms with E-state index in [0.29, 0.717) is 23.1 Å². The molecule has 0 spiro atoms. The molecule has 1 aliphatic heterocycles. The molecule has 1 aliphatic rings. The largest absolute Gasteiger partial charge is 0.395 e. The van der Waals surface area contributed by atoms with Crippen LogP contribution in [0.4, 0.5) is 5.69 Å². The van der Waals surface area contributed by atoms with E-state index in [9.17, 15) is 10.1 Å². The zero-order valence-corrected chi connectivity index (χ0v) is 12.0. The third-order valence-electron chi connectivity index (χ3n) is 3.20. The molecule has 1 aromatic rings. The van der Waals surface area contributed by atoms with Gasteiger partial charge in [-0.05, 0) is 12.1 Å². The van der Waals surface area contributed by atoms with E-state index in [1.807, 2.05) is 6.07 Å². The second-order valence-corrected chi connectivity index (χ2v) is 5.51. The number of nitro groups is 1. The molecule has 0 aromatic heterocycles. The molecule has 0 radical (unpaired) electrons. The van der Waals surface area contributed by atoms with Crippen LogP contribution in [0.15, 0.2) is 22.7 Å². The normalized spacial score (nSPS) is 20.4. The first-order chi connectivity index (χ1) is 9.10. The van der Waals surface area contributed by atoms with Gasteiger partial charge in [-0.2, -0.15) is 0 Å². The third-order valence-corrected chi connectivity index (χ3v) is 3.69. The van der Waals surface area contributed by atoms with Gasteiger partial charge in [0.1, 0.15) is 0 Å². The third kappa shape index (κ3) is 3.73. The summed E-state index contributed by atoms with van der Waals surface area (Å²) < 4.78 is 0.705. The van der Waals surface area contributed by atoms with E-state index in [-0.39, 0.29) is 23.3 Å². The summed E-state index contributed by atoms with van der Waals surface area (Å²) >= 11 is 3.25. The van der Waals surface area contributed by atoms with Crippen LogP contribution in [0.2, 0.25) is 0 Å². The Balaban J connectivity index is 2.12. The van der Waals surface area contributed by atoms with Crippen molar-refractivity contribution in [3.8, 4) is 0 Å². The van der Waals surface area contributed by atoms with E-state index in [4.69, 9.17) is 5.11 Å². The van der Waals surface area contributed by atoms with Crippen LogP contribution in [0.5, 0.6) is 0 Å². The monoisotopic (exact) mass is 329 g/mol. The van der Waals surface area contributed by atoms with Gasteiger partial charge in [-0.3, -0.25) is 15.0 Å². The SMILES string of the molecule is O=[N+]([O-])c1cc(Br)ccc1CN1CCNC(CO)C1. The Morgan fingerprint density at radius 2 is 2.37 bits per heavy atom. The van der Waals surface area contributed by atoms with Gasteiger partial charge in [0.05, 0.1) is 11.5 Å². The second-order valence-electron chi connectivity index (χ2n) is 4.60. The molecule has 7 heteroatoms. The molecule has 19 heavy (non-hydrogen) atoms. The van der Waals surface area contributed by atoms with Crippen LogP contribution < -0.4 is 5.32 Å². The van der Waals surface area contributed by atoms with Crippen molar-refractivity contribution in [2.24, 2.45) is 0 Å². The lowest BCUT2D eigenvalue weighted by molar-refractivity contribution is -0.385. The molecule has 0 amide bonds. The summed E-state index contributed by atoms with van der Waals surface area (Å²) in [5.74, 6) is 0. The van der Waals surface area contributed by atoms with E-state index < -0.39 is 0 Å². The summed E-state index contributed by atoms with van der Waals surface area (Å²) in [4.78, 5) is 12.8. The number of nitrogens with one attached hydrogen (secondary N) is 1. The van der Waals surface area contributed by atoms with Crippen LogP contribution in [0.1, 0.15) is 5.56 Å². The molecule has 1 atom stereocenters. The average molecular weight is 330 g/mol. The molecule has 0 saturated carbocycles. The Morgan fingerprint density at radius 1 is 1.58 bits per heavy atom. The minimum absolute atomic E-state index is 0.0447. The molecule has 1 heterocycles. The maximum Gasteiger partial charge on any atom is 0.275 e. The highest BCUT2D eigenvalue weighted by molar-refractivity contribution is 9.10. The fourth-order valence-corrected chi connectivity index (χ4v) is 2.59. The lowest BCUT2D eigenvalue weighted by atomic mass is 10.1. The fourth-order valence-electron chi connectivity index (χ4n) is 2.24. The highest BCUT2D eigenvalue weighted by Gasteiger charge is 2.22. The number of nitro benzene ring substituents is 1. The number of nitrogens with zero attached hydrogens (tertiary/aromatic N) is 2. The van der Waals surface area contributed by atoms with Crippen molar-refractivity contribution in [2.45, 2.75) is 12.6 Å². The van der Waals surface area contributed by atoms with E-state index >= 15 is 0 Å². The van der Waals surface area contributed by atoms with E-state index in [1.165, 1.54) is 6.07 Å². The summed E-state index contributed by atoms with van der Waals surface area (Å²) in [6.45, 7) is 2.92. The van der Waals surface area contributed by atoms with E-state index in [2.05, 4.69) is 26.1 Å². The van der Waals surface area contributed by atoms with Gasteiger partial charge >= 0.3 is 0 Å². The Bertz CT molecular complexity index is 470. The molecule has 1 saturated heterocycles. The molecule has 0 aliphatic carbocycles. The van der Waals surface area contributed by atoms with Gasteiger partial charge in [0.25, 0.3) is 5.69 Å². The lowest BCUT2D eigenvalue weighted by Crippen LogP contribution is -2.51. The minimum atomic E-state index is -0.355. The first-order valence-electron chi connectivity index (χ1n) is 6.09. The zero-order valence-electron chi connectivity index (χ0n) is 10.4. The maximum absolute atomic E-state index is 11.1. The fraction of sp³-hybridized carbons (Fsp3) is 0.500. The summed E-state index contributed by atoms with van der Waals surface area (Å²) in [5, 5.41) is 23.4. The average Bonchev–Trinajstić information content (AvgIpc) is 2.41. The summed E-state index contributed by atoms with van der Waals surface area (Å²) in [5.41, 5.74) is 0.834.